The Morgan fingerprint density at radius 1 is 1.33 bits per heavy atom. The van der Waals surface area contributed by atoms with Gasteiger partial charge in [0.1, 0.15) is 0 Å². The van der Waals surface area contributed by atoms with Crippen LogP contribution in [0.4, 0.5) is 0 Å². The molecule has 4 N–H and O–H groups in total. The molecule has 2 atom stereocenters. The molecule has 1 fully saturated rings. The minimum absolute atomic E-state index is 0.000620. The van der Waals surface area contributed by atoms with Crippen molar-refractivity contribution in [2.24, 2.45) is 17.6 Å². The third-order valence-electron chi connectivity index (χ3n) is 4.95. The van der Waals surface area contributed by atoms with Gasteiger partial charge < -0.3 is 16.2 Å². The SMILES string of the molecule is CCC1CCC(O)(CNC(=O)C(C)CCCC(C)N)CC1. The van der Waals surface area contributed by atoms with Gasteiger partial charge in [-0.25, -0.2) is 0 Å². The molecular formula is C17H34N2O2. The van der Waals surface area contributed by atoms with Gasteiger partial charge in [-0.05, 0) is 51.4 Å². The van der Waals surface area contributed by atoms with Crippen molar-refractivity contribution in [1.82, 2.24) is 5.32 Å². The number of carbonyl (C=O) groups excluding carboxylic acids is 1. The number of nitrogens with two attached hydrogens (primary N) is 1. The Balaban J connectivity index is 2.25. The summed E-state index contributed by atoms with van der Waals surface area (Å²) in [4.78, 5) is 12.1. The summed E-state index contributed by atoms with van der Waals surface area (Å²) in [6, 6.07) is 0.203. The molecule has 2 unspecified atom stereocenters. The molecule has 1 rings (SSSR count). The van der Waals surface area contributed by atoms with E-state index in [4.69, 9.17) is 5.73 Å². The first-order valence-corrected chi connectivity index (χ1v) is 8.62. The second-order valence-electron chi connectivity index (χ2n) is 7.10. The second-order valence-corrected chi connectivity index (χ2v) is 7.10. The fourth-order valence-electron chi connectivity index (χ4n) is 3.10. The van der Waals surface area contributed by atoms with Gasteiger partial charge >= 0.3 is 0 Å². The Bertz CT molecular complexity index is 310. The molecule has 124 valence electrons. The van der Waals surface area contributed by atoms with Crippen molar-refractivity contribution in [2.75, 3.05) is 6.54 Å². The van der Waals surface area contributed by atoms with E-state index in [1.165, 1.54) is 6.42 Å². The Hall–Kier alpha value is -0.610. The Kier molecular flexibility index (Phi) is 7.67. The van der Waals surface area contributed by atoms with Gasteiger partial charge in [-0.15, -0.1) is 0 Å². The van der Waals surface area contributed by atoms with E-state index in [9.17, 15) is 9.90 Å². The Morgan fingerprint density at radius 3 is 2.48 bits per heavy atom. The molecule has 1 aliphatic carbocycles. The fraction of sp³-hybridized carbons (Fsp3) is 0.941. The standard InChI is InChI=1S/C17H34N2O2/c1-4-15-8-10-17(21,11-9-15)12-19-16(20)13(2)6-5-7-14(3)18/h13-15,21H,4-12,18H2,1-3H3,(H,19,20). The molecule has 1 aliphatic rings. The van der Waals surface area contributed by atoms with Crippen LogP contribution in [0.15, 0.2) is 0 Å². The third-order valence-corrected chi connectivity index (χ3v) is 4.95. The van der Waals surface area contributed by atoms with E-state index in [2.05, 4.69) is 12.2 Å². The Morgan fingerprint density at radius 2 is 1.95 bits per heavy atom. The molecule has 0 saturated heterocycles. The van der Waals surface area contributed by atoms with E-state index < -0.39 is 5.60 Å². The summed E-state index contributed by atoms with van der Waals surface area (Å²) < 4.78 is 0. The quantitative estimate of drug-likeness (QED) is 0.644. The van der Waals surface area contributed by atoms with E-state index >= 15 is 0 Å². The molecule has 0 aliphatic heterocycles. The molecule has 1 amide bonds. The lowest BCUT2D eigenvalue weighted by Gasteiger charge is -2.36. The smallest absolute Gasteiger partial charge is 0.222 e. The monoisotopic (exact) mass is 298 g/mol. The van der Waals surface area contributed by atoms with Gasteiger partial charge in [0, 0.05) is 18.5 Å². The minimum atomic E-state index is -0.688. The average molecular weight is 298 g/mol. The van der Waals surface area contributed by atoms with Gasteiger partial charge in [-0.2, -0.15) is 0 Å². The van der Waals surface area contributed by atoms with Crippen LogP contribution in [0.5, 0.6) is 0 Å². The number of hydrogen-bond donors (Lipinski definition) is 3. The number of nitrogens with one attached hydrogen (secondary N) is 1. The maximum absolute atomic E-state index is 12.1. The van der Waals surface area contributed by atoms with Crippen molar-refractivity contribution in [1.29, 1.82) is 0 Å². The van der Waals surface area contributed by atoms with Crippen molar-refractivity contribution in [3.05, 3.63) is 0 Å². The van der Waals surface area contributed by atoms with E-state index in [0.717, 1.165) is 50.9 Å². The lowest BCUT2D eigenvalue weighted by Crippen LogP contribution is -2.46. The normalized spacial score (nSPS) is 28.9. The van der Waals surface area contributed by atoms with Gasteiger partial charge in [0.15, 0.2) is 0 Å². The maximum atomic E-state index is 12.1. The van der Waals surface area contributed by atoms with Crippen LogP contribution in [0, 0.1) is 11.8 Å². The number of amides is 1. The number of hydrogen-bond acceptors (Lipinski definition) is 3. The van der Waals surface area contributed by atoms with E-state index in [1.54, 1.807) is 0 Å². The Labute approximate surface area is 129 Å². The molecule has 21 heavy (non-hydrogen) atoms. The number of carbonyl (C=O) groups is 1. The van der Waals surface area contributed by atoms with Crippen LogP contribution >= 0.6 is 0 Å². The van der Waals surface area contributed by atoms with Crippen molar-refractivity contribution in [2.45, 2.75) is 83.8 Å². The van der Waals surface area contributed by atoms with Gasteiger partial charge in [0.25, 0.3) is 0 Å². The molecule has 0 spiro atoms. The molecule has 4 nitrogen and oxygen atoms in total. The predicted molar refractivity (Wildman–Crippen MR) is 86.9 cm³/mol. The van der Waals surface area contributed by atoms with Crippen LogP contribution in [-0.2, 0) is 4.79 Å². The summed E-state index contributed by atoms with van der Waals surface area (Å²) in [7, 11) is 0. The largest absolute Gasteiger partial charge is 0.388 e. The molecule has 0 aromatic rings. The molecule has 0 radical (unpaired) electrons. The van der Waals surface area contributed by atoms with Crippen LogP contribution in [-0.4, -0.2) is 29.2 Å². The summed E-state index contributed by atoms with van der Waals surface area (Å²) in [5, 5.41) is 13.5. The first-order valence-electron chi connectivity index (χ1n) is 8.62. The molecule has 0 aromatic carbocycles. The highest BCUT2D eigenvalue weighted by Crippen LogP contribution is 2.33. The summed E-state index contributed by atoms with van der Waals surface area (Å²) in [6.45, 7) is 6.56. The number of aliphatic hydroxyl groups is 1. The third kappa shape index (κ3) is 6.79. The van der Waals surface area contributed by atoms with E-state index in [1.807, 2.05) is 13.8 Å². The number of rotatable bonds is 8. The van der Waals surface area contributed by atoms with Gasteiger partial charge in [0.2, 0.25) is 5.91 Å². The highest BCUT2D eigenvalue weighted by Gasteiger charge is 2.33. The van der Waals surface area contributed by atoms with Crippen LogP contribution in [0.1, 0.15) is 72.1 Å². The van der Waals surface area contributed by atoms with E-state index in [-0.39, 0.29) is 17.9 Å². The first kappa shape index (κ1) is 18.4. The molecule has 0 bridgehead atoms. The van der Waals surface area contributed by atoms with Crippen molar-refractivity contribution >= 4 is 5.91 Å². The molecule has 4 heteroatoms. The van der Waals surface area contributed by atoms with Gasteiger partial charge in [0.05, 0.1) is 5.60 Å². The summed E-state index contributed by atoms with van der Waals surface area (Å²) in [5.74, 6) is 0.809. The van der Waals surface area contributed by atoms with Crippen molar-refractivity contribution in [3.63, 3.8) is 0 Å². The lowest BCUT2D eigenvalue weighted by atomic mass is 9.78. The first-order chi connectivity index (χ1) is 9.86. The molecule has 0 aromatic heterocycles. The van der Waals surface area contributed by atoms with E-state index in [0.29, 0.717) is 6.54 Å². The zero-order valence-corrected chi connectivity index (χ0v) is 14.0. The zero-order valence-electron chi connectivity index (χ0n) is 14.0. The fourth-order valence-corrected chi connectivity index (χ4v) is 3.10. The lowest BCUT2D eigenvalue weighted by molar-refractivity contribution is -0.126. The molecule has 0 heterocycles. The van der Waals surface area contributed by atoms with Crippen LogP contribution in [0.3, 0.4) is 0 Å². The topological polar surface area (TPSA) is 75.3 Å². The van der Waals surface area contributed by atoms with Gasteiger partial charge in [-0.1, -0.05) is 26.7 Å². The molecular weight excluding hydrogens is 264 g/mol. The molecule has 1 saturated carbocycles. The summed E-state index contributed by atoms with van der Waals surface area (Å²) in [6.07, 6.45) is 7.77. The zero-order chi connectivity index (χ0) is 15.9. The highest BCUT2D eigenvalue weighted by molar-refractivity contribution is 5.78. The average Bonchev–Trinajstić information content (AvgIpc) is 2.45. The van der Waals surface area contributed by atoms with Crippen LogP contribution < -0.4 is 11.1 Å². The van der Waals surface area contributed by atoms with Gasteiger partial charge in [-0.3, -0.25) is 4.79 Å². The summed E-state index contributed by atoms with van der Waals surface area (Å²) in [5.41, 5.74) is 5.03. The van der Waals surface area contributed by atoms with Crippen LogP contribution in [0.25, 0.3) is 0 Å². The minimum Gasteiger partial charge on any atom is -0.388 e. The van der Waals surface area contributed by atoms with Crippen molar-refractivity contribution in [3.8, 4) is 0 Å². The van der Waals surface area contributed by atoms with Crippen molar-refractivity contribution < 1.29 is 9.90 Å². The predicted octanol–water partition coefficient (Wildman–Crippen LogP) is 2.59. The highest BCUT2D eigenvalue weighted by atomic mass is 16.3. The maximum Gasteiger partial charge on any atom is 0.222 e. The summed E-state index contributed by atoms with van der Waals surface area (Å²) >= 11 is 0. The second kappa shape index (κ2) is 8.74. The van der Waals surface area contributed by atoms with Crippen LogP contribution in [0.2, 0.25) is 0 Å².